The second-order valence-corrected chi connectivity index (χ2v) is 3.88. The van der Waals surface area contributed by atoms with Crippen LogP contribution in [0.25, 0.3) is 0 Å². The van der Waals surface area contributed by atoms with Gasteiger partial charge < -0.3 is 14.8 Å². The highest BCUT2D eigenvalue weighted by Gasteiger charge is 2.12. The number of rotatable bonds is 5. The number of carboxylic acids is 1. The first-order valence-electron chi connectivity index (χ1n) is 5.59. The maximum atomic E-state index is 10.9. The number of aryl methyl sites for hydroxylation is 2. The maximum absolute atomic E-state index is 10.9. The SMILES string of the molecule is COc1ccc(CCc2[nH]cnc2C(=O)O)cc1. The first-order valence-corrected chi connectivity index (χ1v) is 5.59. The minimum absolute atomic E-state index is 0.100. The van der Waals surface area contributed by atoms with Crippen LogP contribution in [0.4, 0.5) is 0 Å². The van der Waals surface area contributed by atoms with Gasteiger partial charge in [-0.25, -0.2) is 9.78 Å². The fourth-order valence-corrected chi connectivity index (χ4v) is 1.76. The molecule has 0 aliphatic heterocycles. The van der Waals surface area contributed by atoms with E-state index in [0.29, 0.717) is 12.1 Å². The van der Waals surface area contributed by atoms with E-state index in [1.807, 2.05) is 24.3 Å². The van der Waals surface area contributed by atoms with Gasteiger partial charge in [-0.05, 0) is 30.5 Å². The van der Waals surface area contributed by atoms with Crippen LogP contribution in [0.1, 0.15) is 21.7 Å². The van der Waals surface area contributed by atoms with Crippen molar-refractivity contribution < 1.29 is 14.6 Å². The van der Waals surface area contributed by atoms with Crippen molar-refractivity contribution in [2.24, 2.45) is 0 Å². The largest absolute Gasteiger partial charge is 0.497 e. The molecule has 2 rings (SSSR count). The van der Waals surface area contributed by atoms with Crippen molar-refractivity contribution in [2.45, 2.75) is 12.8 Å². The molecule has 0 saturated carbocycles. The number of aromatic amines is 1. The number of carbonyl (C=O) groups is 1. The summed E-state index contributed by atoms with van der Waals surface area (Å²) < 4.78 is 5.08. The minimum atomic E-state index is -0.999. The molecule has 94 valence electrons. The van der Waals surface area contributed by atoms with Crippen molar-refractivity contribution in [3.63, 3.8) is 0 Å². The highest BCUT2D eigenvalue weighted by Crippen LogP contribution is 2.14. The third kappa shape index (κ3) is 2.68. The van der Waals surface area contributed by atoms with Crippen LogP contribution in [0.2, 0.25) is 0 Å². The van der Waals surface area contributed by atoms with E-state index in [2.05, 4.69) is 9.97 Å². The van der Waals surface area contributed by atoms with Gasteiger partial charge in [0.25, 0.3) is 0 Å². The molecule has 0 atom stereocenters. The van der Waals surface area contributed by atoms with Gasteiger partial charge in [0, 0.05) is 5.69 Å². The Labute approximate surface area is 104 Å². The standard InChI is InChI=1S/C13H14N2O3/c1-18-10-5-2-9(3-6-10)4-7-11-12(13(16)17)15-8-14-11/h2-3,5-6,8H,4,7H2,1H3,(H,14,15)(H,16,17). The van der Waals surface area contributed by atoms with Crippen molar-refractivity contribution >= 4 is 5.97 Å². The molecule has 2 N–H and O–H groups in total. The number of methoxy groups -OCH3 is 1. The molecule has 2 aromatic rings. The Bertz CT molecular complexity index is 531. The van der Waals surface area contributed by atoms with Crippen LogP contribution in [0.3, 0.4) is 0 Å². The van der Waals surface area contributed by atoms with Crippen molar-refractivity contribution in [2.75, 3.05) is 7.11 Å². The van der Waals surface area contributed by atoms with E-state index in [-0.39, 0.29) is 5.69 Å². The summed E-state index contributed by atoms with van der Waals surface area (Å²) in [6.45, 7) is 0. The molecular formula is C13H14N2O3. The van der Waals surface area contributed by atoms with Gasteiger partial charge in [-0.15, -0.1) is 0 Å². The highest BCUT2D eigenvalue weighted by molar-refractivity contribution is 5.86. The molecule has 0 fully saturated rings. The third-order valence-corrected chi connectivity index (χ3v) is 2.74. The van der Waals surface area contributed by atoms with Gasteiger partial charge in [0.05, 0.1) is 13.4 Å². The first kappa shape index (κ1) is 12.2. The van der Waals surface area contributed by atoms with Gasteiger partial charge >= 0.3 is 5.97 Å². The molecule has 1 aromatic heterocycles. The number of H-pyrrole nitrogens is 1. The smallest absolute Gasteiger partial charge is 0.356 e. The molecule has 0 spiro atoms. The summed E-state index contributed by atoms with van der Waals surface area (Å²) in [6.07, 6.45) is 2.78. The summed E-state index contributed by atoms with van der Waals surface area (Å²) in [4.78, 5) is 17.5. The minimum Gasteiger partial charge on any atom is -0.497 e. The number of hydrogen-bond donors (Lipinski definition) is 2. The Morgan fingerprint density at radius 2 is 2.06 bits per heavy atom. The fraction of sp³-hybridized carbons (Fsp3) is 0.231. The Morgan fingerprint density at radius 3 is 2.67 bits per heavy atom. The molecule has 0 bridgehead atoms. The first-order chi connectivity index (χ1) is 8.70. The van der Waals surface area contributed by atoms with E-state index < -0.39 is 5.97 Å². The number of carboxylic acid groups (broad SMARTS) is 1. The fourth-order valence-electron chi connectivity index (χ4n) is 1.76. The van der Waals surface area contributed by atoms with E-state index in [0.717, 1.165) is 17.7 Å². The molecule has 1 heterocycles. The molecular weight excluding hydrogens is 232 g/mol. The monoisotopic (exact) mass is 246 g/mol. The Balaban J connectivity index is 2.02. The Hall–Kier alpha value is -2.30. The molecule has 5 nitrogen and oxygen atoms in total. The van der Waals surface area contributed by atoms with Gasteiger partial charge in [0.1, 0.15) is 5.75 Å². The van der Waals surface area contributed by atoms with Crippen molar-refractivity contribution in [3.8, 4) is 5.75 Å². The molecule has 0 saturated heterocycles. The molecule has 0 radical (unpaired) electrons. The van der Waals surface area contributed by atoms with Crippen LogP contribution in [-0.4, -0.2) is 28.2 Å². The average Bonchev–Trinajstić information content (AvgIpc) is 2.85. The number of aromatic carboxylic acids is 1. The van der Waals surface area contributed by atoms with E-state index in [1.165, 1.54) is 6.33 Å². The van der Waals surface area contributed by atoms with Crippen LogP contribution in [0, 0.1) is 0 Å². The maximum Gasteiger partial charge on any atom is 0.356 e. The van der Waals surface area contributed by atoms with Gasteiger partial charge in [-0.3, -0.25) is 0 Å². The van der Waals surface area contributed by atoms with Crippen molar-refractivity contribution in [1.82, 2.24) is 9.97 Å². The van der Waals surface area contributed by atoms with E-state index in [9.17, 15) is 4.79 Å². The average molecular weight is 246 g/mol. The molecule has 0 unspecified atom stereocenters. The van der Waals surface area contributed by atoms with Crippen molar-refractivity contribution in [3.05, 3.63) is 47.5 Å². The number of aromatic nitrogens is 2. The number of nitrogens with zero attached hydrogens (tertiary/aromatic N) is 1. The lowest BCUT2D eigenvalue weighted by Gasteiger charge is -2.03. The Morgan fingerprint density at radius 1 is 1.33 bits per heavy atom. The second-order valence-electron chi connectivity index (χ2n) is 3.88. The van der Waals surface area contributed by atoms with E-state index >= 15 is 0 Å². The van der Waals surface area contributed by atoms with Crippen LogP contribution in [0.15, 0.2) is 30.6 Å². The summed E-state index contributed by atoms with van der Waals surface area (Å²) in [5.41, 5.74) is 1.88. The topological polar surface area (TPSA) is 75.2 Å². The van der Waals surface area contributed by atoms with Crippen LogP contribution in [0.5, 0.6) is 5.75 Å². The lowest BCUT2D eigenvalue weighted by atomic mass is 10.1. The number of benzene rings is 1. The van der Waals surface area contributed by atoms with Gasteiger partial charge in [0.2, 0.25) is 0 Å². The zero-order valence-electron chi connectivity index (χ0n) is 10.0. The van der Waals surface area contributed by atoms with Crippen LogP contribution in [-0.2, 0) is 12.8 Å². The zero-order valence-corrected chi connectivity index (χ0v) is 10.0. The number of ether oxygens (including phenoxy) is 1. The highest BCUT2D eigenvalue weighted by atomic mass is 16.5. The van der Waals surface area contributed by atoms with Gasteiger partial charge in [-0.2, -0.15) is 0 Å². The summed E-state index contributed by atoms with van der Waals surface area (Å²) in [5, 5.41) is 8.92. The van der Waals surface area contributed by atoms with E-state index in [1.54, 1.807) is 7.11 Å². The second kappa shape index (κ2) is 5.35. The zero-order chi connectivity index (χ0) is 13.0. The summed E-state index contributed by atoms with van der Waals surface area (Å²) in [6, 6.07) is 7.71. The molecule has 0 aliphatic carbocycles. The number of nitrogens with one attached hydrogen (secondary N) is 1. The predicted molar refractivity (Wildman–Crippen MR) is 65.9 cm³/mol. The van der Waals surface area contributed by atoms with Crippen molar-refractivity contribution in [1.29, 1.82) is 0 Å². The van der Waals surface area contributed by atoms with Gasteiger partial charge in [-0.1, -0.05) is 12.1 Å². The van der Waals surface area contributed by atoms with Gasteiger partial charge in [0.15, 0.2) is 5.69 Å². The summed E-state index contributed by atoms with van der Waals surface area (Å²) in [7, 11) is 1.62. The Kier molecular flexibility index (Phi) is 3.62. The van der Waals surface area contributed by atoms with Crippen LogP contribution < -0.4 is 4.74 Å². The lowest BCUT2D eigenvalue weighted by molar-refractivity contribution is 0.0690. The number of hydrogen-bond acceptors (Lipinski definition) is 3. The summed E-state index contributed by atoms with van der Waals surface area (Å²) >= 11 is 0. The summed E-state index contributed by atoms with van der Waals surface area (Å²) in [5.74, 6) is -0.188. The molecule has 0 amide bonds. The van der Waals surface area contributed by atoms with E-state index in [4.69, 9.17) is 9.84 Å². The normalized spacial score (nSPS) is 10.3. The lowest BCUT2D eigenvalue weighted by Crippen LogP contribution is -2.03. The molecule has 5 heteroatoms. The molecule has 1 aromatic carbocycles. The third-order valence-electron chi connectivity index (χ3n) is 2.74. The molecule has 0 aliphatic rings. The quantitative estimate of drug-likeness (QED) is 0.844. The van der Waals surface area contributed by atoms with Crippen LogP contribution >= 0.6 is 0 Å². The number of imidazole rings is 1. The molecule has 18 heavy (non-hydrogen) atoms. The predicted octanol–water partition coefficient (Wildman–Crippen LogP) is 1.90.